The average Bonchev–Trinajstić information content (AvgIpc) is 3.57. The first-order valence-corrected chi connectivity index (χ1v) is 12.3. The third-order valence-corrected chi connectivity index (χ3v) is 6.72. The van der Waals surface area contributed by atoms with Crippen molar-refractivity contribution in [2.75, 3.05) is 12.3 Å². The number of hydrogen-bond donors (Lipinski definition) is 2. The number of anilines is 1. The zero-order valence-corrected chi connectivity index (χ0v) is 19.6. The highest BCUT2D eigenvalue weighted by Gasteiger charge is 2.21. The van der Waals surface area contributed by atoms with E-state index < -0.39 is 11.6 Å². The number of benzene rings is 2. The summed E-state index contributed by atoms with van der Waals surface area (Å²) in [7, 11) is 0. The highest BCUT2D eigenvalue weighted by Crippen LogP contribution is 2.32. The zero-order chi connectivity index (χ0) is 23.7. The molecule has 0 spiro atoms. The van der Waals surface area contributed by atoms with Crippen molar-refractivity contribution in [3.8, 4) is 0 Å². The number of aryl methyl sites for hydroxylation is 1. The van der Waals surface area contributed by atoms with E-state index in [9.17, 15) is 0 Å². The summed E-state index contributed by atoms with van der Waals surface area (Å²) in [5, 5.41) is 4.18. The van der Waals surface area contributed by atoms with Crippen LogP contribution in [0.25, 0.3) is 21.9 Å². The van der Waals surface area contributed by atoms with Gasteiger partial charge in [0, 0.05) is 23.9 Å². The summed E-state index contributed by atoms with van der Waals surface area (Å²) in [6.07, 6.45) is 6.35. The van der Waals surface area contributed by atoms with Crippen molar-refractivity contribution in [2.24, 2.45) is 5.92 Å². The van der Waals surface area contributed by atoms with Gasteiger partial charge in [0.15, 0.2) is 5.82 Å². The first-order valence-electron chi connectivity index (χ1n) is 12.3. The number of aromatic nitrogens is 3. The Morgan fingerprint density at radius 2 is 1.88 bits per heavy atom. The summed E-state index contributed by atoms with van der Waals surface area (Å²) in [5.41, 5.74) is 9.01. The summed E-state index contributed by atoms with van der Waals surface area (Å²) in [6.45, 7) is 3.49. The van der Waals surface area contributed by atoms with Gasteiger partial charge in [0.1, 0.15) is 23.0 Å². The number of nitrogens with one attached hydrogen (secondary N) is 1. The van der Waals surface area contributed by atoms with Crippen molar-refractivity contribution >= 4 is 27.8 Å². The molecule has 178 valence electrons. The molecule has 1 aliphatic carbocycles. The molecule has 2 aromatic heterocycles. The Morgan fingerprint density at radius 3 is 2.62 bits per heavy atom. The summed E-state index contributed by atoms with van der Waals surface area (Å²) < 4.78 is 32.3. The molecule has 0 unspecified atom stereocenters. The largest absolute Gasteiger partial charge is 0.382 e. The lowest BCUT2D eigenvalue weighted by molar-refractivity contribution is 0.535. The van der Waals surface area contributed by atoms with Crippen molar-refractivity contribution in [1.82, 2.24) is 19.9 Å². The fourth-order valence-electron chi connectivity index (χ4n) is 4.61. The number of rotatable bonds is 10. The van der Waals surface area contributed by atoms with Crippen LogP contribution in [0, 0.1) is 17.6 Å². The number of pyridine rings is 1. The quantitative estimate of drug-likeness (QED) is 0.295. The second kappa shape index (κ2) is 9.66. The van der Waals surface area contributed by atoms with Gasteiger partial charge in [0.05, 0.1) is 17.6 Å². The molecular weight excluding hydrogens is 432 g/mol. The molecular formula is C27H31F2N5. The molecule has 0 bridgehead atoms. The predicted molar refractivity (Wildman–Crippen MR) is 133 cm³/mol. The Hall–Kier alpha value is -3.06. The Morgan fingerprint density at radius 1 is 1.12 bits per heavy atom. The van der Waals surface area contributed by atoms with Gasteiger partial charge < -0.3 is 15.6 Å². The topological polar surface area (TPSA) is 68.8 Å². The molecule has 7 heteroatoms. The van der Waals surface area contributed by atoms with Gasteiger partial charge in [-0.1, -0.05) is 44.4 Å². The van der Waals surface area contributed by atoms with E-state index >= 15 is 8.78 Å². The molecule has 0 atom stereocenters. The molecule has 0 aliphatic heterocycles. The molecule has 3 N–H and O–H groups in total. The van der Waals surface area contributed by atoms with Crippen molar-refractivity contribution in [2.45, 2.75) is 58.5 Å². The molecule has 0 amide bonds. The number of halogens is 2. The molecule has 0 radical (unpaired) electrons. The van der Waals surface area contributed by atoms with Crippen LogP contribution in [0.5, 0.6) is 0 Å². The molecule has 2 heterocycles. The fraction of sp³-hybridized carbons (Fsp3) is 0.407. The molecule has 1 saturated carbocycles. The number of nitrogens with two attached hydrogens (primary N) is 1. The average molecular weight is 464 g/mol. The maximum Gasteiger partial charge on any atom is 0.152 e. The van der Waals surface area contributed by atoms with E-state index in [-0.39, 0.29) is 12.1 Å². The van der Waals surface area contributed by atoms with E-state index in [1.165, 1.54) is 25.0 Å². The third kappa shape index (κ3) is 4.62. The van der Waals surface area contributed by atoms with Gasteiger partial charge in [0.25, 0.3) is 0 Å². The van der Waals surface area contributed by atoms with Gasteiger partial charge >= 0.3 is 0 Å². The Kier molecular flexibility index (Phi) is 6.46. The molecule has 5 nitrogen and oxygen atoms in total. The van der Waals surface area contributed by atoms with E-state index in [4.69, 9.17) is 10.7 Å². The predicted octanol–water partition coefficient (Wildman–Crippen LogP) is 5.73. The first kappa shape index (κ1) is 22.7. The third-order valence-electron chi connectivity index (χ3n) is 6.72. The van der Waals surface area contributed by atoms with Crippen LogP contribution in [0.4, 0.5) is 14.6 Å². The van der Waals surface area contributed by atoms with Gasteiger partial charge in [-0.25, -0.2) is 18.7 Å². The van der Waals surface area contributed by atoms with E-state index in [0.29, 0.717) is 29.9 Å². The van der Waals surface area contributed by atoms with Gasteiger partial charge in [-0.2, -0.15) is 0 Å². The van der Waals surface area contributed by atoms with E-state index in [1.807, 2.05) is 28.8 Å². The highest BCUT2D eigenvalue weighted by molar-refractivity contribution is 6.06. The maximum atomic E-state index is 15.2. The smallest absolute Gasteiger partial charge is 0.152 e. The molecule has 4 aromatic rings. The maximum absolute atomic E-state index is 15.2. The van der Waals surface area contributed by atoms with Crippen molar-refractivity contribution < 1.29 is 8.78 Å². The molecule has 2 aromatic carbocycles. The summed E-state index contributed by atoms with van der Waals surface area (Å²) in [5.74, 6) is 0.864. The number of fused-ring (bicyclic) bond motifs is 3. The van der Waals surface area contributed by atoms with Crippen molar-refractivity contribution in [3.63, 3.8) is 0 Å². The lowest BCUT2D eigenvalue weighted by Gasteiger charge is -2.14. The Balaban J connectivity index is 1.50. The number of para-hydroxylation sites is 1. The monoisotopic (exact) mass is 463 g/mol. The van der Waals surface area contributed by atoms with Crippen LogP contribution in [0.15, 0.2) is 36.4 Å². The van der Waals surface area contributed by atoms with Crippen LogP contribution in [-0.4, -0.2) is 21.1 Å². The standard InChI is InChI=1S/C27H31F2N5/c1-2-3-8-24-33-25-26(19-6-4-5-7-23(19)32-27(25)30)34(24)16-20-21(28)13-18(14-22(20)29)15-31-12-11-17-9-10-17/h4-7,13-14,17,31H,2-3,8-12,15-16H2,1H3,(H2,30,32). The lowest BCUT2D eigenvalue weighted by atomic mass is 10.1. The van der Waals surface area contributed by atoms with Crippen molar-refractivity contribution in [3.05, 3.63) is 65.0 Å². The lowest BCUT2D eigenvalue weighted by Crippen LogP contribution is -2.16. The molecule has 5 rings (SSSR count). The second-order valence-corrected chi connectivity index (χ2v) is 9.38. The first-order chi connectivity index (χ1) is 16.5. The van der Waals surface area contributed by atoms with E-state index in [0.717, 1.165) is 54.0 Å². The number of nitrogens with zero attached hydrogens (tertiary/aromatic N) is 3. The molecule has 1 fully saturated rings. The Labute approximate surface area is 198 Å². The Bertz CT molecular complexity index is 1300. The van der Waals surface area contributed by atoms with Crippen LogP contribution in [0.3, 0.4) is 0 Å². The van der Waals surface area contributed by atoms with Crippen molar-refractivity contribution in [1.29, 1.82) is 0 Å². The van der Waals surface area contributed by atoms with E-state index in [1.54, 1.807) is 0 Å². The molecule has 0 saturated heterocycles. The zero-order valence-electron chi connectivity index (χ0n) is 19.6. The molecule has 34 heavy (non-hydrogen) atoms. The number of unbranched alkanes of at least 4 members (excludes halogenated alkanes) is 1. The minimum atomic E-state index is -0.534. The highest BCUT2D eigenvalue weighted by atomic mass is 19.1. The minimum absolute atomic E-state index is 0.0400. The number of imidazole rings is 1. The summed E-state index contributed by atoms with van der Waals surface area (Å²) >= 11 is 0. The van der Waals surface area contributed by atoms with Crippen LogP contribution < -0.4 is 11.1 Å². The number of hydrogen-bond acceptors (Lipinski definition) is 4. The normalized spacial score (nSPS) is 13.9. The van der Waals surface area contributed by atoms with Gasteiger partial charge in [-0.3, -0.25) is 0 Å². The van der Waals surface area contributed by atoms with Crippen LogP contribution in [0.1, 0.15) is 56.0 Å². The second-order valence-electron chi connectivity index (χ2n) is 9.38. The summed E-state index contributed by atoms with van der Waals surface area (Å²) in [4.78, 5) is 9.25. The van der Waals surface area contributed by atoms with Crippen LogP contribution >= 0.6 is 0 Å². The minimum Gasteiger partial charge on any atom is -0.382 e. The van der Waals surface area contributed by atoms with Gasteiger partial charge in [-0.15, -0.1) is 0 Å². The van der Waals surface area contributed by atoms with E-state index in [2.05, 4.69) is 17.2 Å². The number of nitrogen functional groups attached to an aromatic ring is 1. The molecule has 1 aliphatic rings. The fourth-order valence-corrected chi connectivity index (χ4v) is 4.61. The SMILES string of the molecule is CCCCc1nc2c(N)nc3ccccc3c2n1Cc1c(F)cc(CNCCC2CC2)cc1F. The van der Waals surface area contributed by atoms with Crippen LogP contribution in [-0.2, 0) is 19.5 Å². The summed E-state index contributed by atoms with van der Waals surface area (Å²) in [6, 6.07) is 10.6. The van der Waals surface area contributed by atoms with Gasteiger partial charge in [0.2, 0.25) is 0 Å². The van der Waals surface area contributed by atoms with Gasteiger partial charge in [-0.05, 0) is 49.1 Å². The van der Waals surface area contributed by atoms with Crippen LogP contribution in [0.2, 0.25) is 0 Å².